The smallest absolute Gasteiger partial charge is 0.00755 e. The van der Waals surface area contributed by atoms with Crippen LogP contribution in [0, 0.1) is 0 Å². The molecule has 0 aliphatic carbocycles. The first-order chi connectivity index (χ1) is 5.49. The molecule has 0 saturated heterocycles. The Morgan fingerprint density at radius 3 is 1.92 bits per heavy atom. The molecule has 0 bridgehead atoms. The molecule has 0 amide bonds. The lowest BCUT2D eigenvalue weighted by molar-refractivity contribution is 0.323. The van der Waals surface area contributed by atoms with Crippen LogP contribution in [0.25, 0.3) is 0 Å². The predicted octanol–water partition coefficient (Wildman–Crippen LogP) is 2.86. The van der Waals surface area contributed by atoms with Crippen LogP contribution in [0.15, 0.2) is 0 Å². The van der Waals surface area contributed by atoms with Gasteiger partial charge in [-0.3, -0.25) is 0 Å². The van der Waals surface area contributed by atoms with Gasteiger partial charge in [0.25, 0.3) is 0 Å². The third-order valence-electron chi connectivity index (χ3n) is 1.84. The highest BCUT2D eigenvalue weighted by atomic mass is 32.2. The summed E-state index contributed by atoms with van der Waals surface area (Å²) in [6, 6.07) is 0. The van der Waals surface area contributed by atoms with Crippen LogP contribution in [0.4, 0.5) is 0 Å². The first kappa shape index (κ1) is 12.3. The van der Waals surface area contributed by atoms with Crippen molar-refractivity contribution in [1.82, 2.24) is 4.90 Å². The van der Waals surface area contributed by atoms with Gasteiger partial charge in [0.05, 0.1) is 0 Å². The third kappa shape index (κ3) is 6.99. The molecule has 0 aromatic carbocycles. The number of rotatable bonds is 5. The second-order valence-electron chi connectivity index (χ2n) is 3.99. The van der Waals surface area contributed by atoms with Crippen molar-refractivity contribution < 1.29 is 0 Å². The molecule has 1 nitrogen and oxygen atoms in total. The van der Waals surface area contributed by atoms with E-state index in [-0.39, 0.29) is 0 Å². The average molecular weight is 189 g/mol. The van der Waals surface area contributed by atoms with Crippen molar-refractivity contribution in [2.24, 2.45) is 0 Å². The van der Waals surface area contributed by atoms with Crippen molar-refractivity contribution in [3.8, 4) is 0 Å². The van der Waals surface area contributed by atoms with Crippen LogP contribution in [-0.2, 0) is 0 Å². The molecule has 0 heterocycles. The molecule has 0 spiro atoms. The second-order valence-corrected chi connectivity index (χ2v) is 5.91. The van der Waals surface area contributed by atoms with Crippen molar-refractivity contribution in [2.45, 2.75) is 39.4 Å². The average Bonchev–Trinajstić information content (AvgIpc) is 1.96. The van der Waals surface area contributed by atoms with Gasteiger partial charge in [0.2, 0.25) is 0 Å². The molecule has 0 rings (SSSR count). The Morgan fingerprint density at radius 1 is 1.08 bits per heavy atom. The van der Waals surface area contributed by atoms with Gasteiger partial charge in [0.1, 0.15) is 0 Å². The van der Waals surface area contributed by atoms with Crippen LogP contribution in [0.2, 0.25) is 0 Å². The summed E-state index contributed by atoms with van der Waals surface area (Å²) >= 11 is 2.05. The van der Waals surface area contributed by atoms with E-state index in [1.54, 1.807) is 0 Å². The minimum absolute atomic E-state index is 0.424. The monoisotopic (exact) mass is 189 g/mol. The zero-order valence-electron chi connectivity index (χ0n) is 9.18. The Balaban J connectivity index is 3.41. The molecule has 0 radical (unpaired) electrons. The molecule has 0 atom stereocenters. The van der Waals surface area contributed by atoms with Gasteiger partial charge >= 0.3 is 0 Å². The fourth-order valence-electron chi connectivity index (χ4n) is 1.02. The third-order valence-corrected chi connectivity index (χ3v) is 3.09. The number of nitrogens with zero attached hydrogens (tertiary/aromatic N) is 1. The Hall–Kier alpha value is 0.310. The maximum atomic E-state index is 2.47. The van der Waals surface area contributed by atoms with Crippen LogP contribution in [0.3, 0.4) is 0 Å². The lowest BCUT2D eigenvalue weighted by Gasteiger charge is -2.22. The second kappa shape index (κ2) is 5.87. The van der Waals surface area contributed by atoms with Gasteiger partial charge in [-0.2, -0.15) is 11.8 Å². The van der Waals surface area contributed by atoms with E-state index in [1.165, 1.54) is 25.4 Å². The minimum atomic E-state index is 0.424. The Morgan fingerprint density at radius 2 is 1.58 bits per heavy atom. The van der Waals surface area contributed by atoms with Crippen LogP contribution >= 0.6 is 11.8 Å². The van der Waals surface area contributed by atoms with Crippen molar-refractivity contribution in [2.75, 3.05) is 25.4 Å². The van der Waals surface area contributed by atoms with Gasteiger partial charge in [-0.05, 0) is 13.1 Å². The largest absolute Gasteiger partial charge is 0.303 e. The molecule has 74 valence electrons. The molecule has 0 saturated carbocycles. The molecule has 2 heteroatoms. The van der Waals surface area contributed by atoms with Crippen LogP contribution in [0.1, 0.15) is 34.6 Å². The maximum Gasteiger partial charge on any atom is 0.00755 e. The first-order valence-electron chi connectivity index (χ1n) is 4.86. The lowest BCUT2D eigenvalue weighted by atomic mass is 10.3. The molecule has 0 unspecified atom stereocenters. The summed E-state index contributed by atoms with van der Waals surface area (Å²) in [5.41, 5.74) is 0. The van der Waals surface area contributed by atoms with E-state index in [1.807, 2.05) is 0 Å². The van der Waals surface area contributed by atoms with E-state index in [0.29, 0.717) is 4.75 Å². The fourth-order valence-corrected chi connectivity index (χ4v) is 1.98. The summed E-state index contributed by atoms with van der Waals surface area (Å²) in [6.07, 6.45) is 0. The quantitative estimate of drug-likeness (QED) is 0.654. The SMILES string of the molecule is CCN(CC)CCSC(C)(C)C. The highest BCUT2D eigenvalue weighted by Gasteiger charge is 2.10. The van der Waals surface area contributed by atoms with Crippen molar-refractivity contribution >= 4 is 11.8 Å². The zero-order chi connectivity index (χ0) is 9.61. The van der Waals surface area contributed by atoms with Crippen molar-refractivity contribution in [1.29, 1.82) is 0 Å². The summed E-state index contributed by atoms with van der Waals surface area (Å²) in [5.74, 6) is 1.26. The van der Waals surface area contributed by atoms with Gasteiger partial charge in [-0.15, -0.1) is 0 Å². The zero-order valence-corrected chi connectivity index (χ0v) is 10.0. The topological polar surface area (TPSA) is 3.24 Å². The van der Waals surface area contributed by atoms with Gasteiger partial charge in [0.15, 0.2) is 0 Å². The Bertz CT molecular complexity index is 103. The van der Waals surface area contributed by atoms with Gasteiger partial charge in [-0.1, -0.05) is 34.6 Å². The van der Waals surface area contributed by atoms with Crippen LogP contribution in [-0.4, -0.2) is 35.0 Å². The number of thioether (sulfide) groups is 1. The summed E-state index contributed by atoms with van der Waals surface area (Å²) in [5, 5.41) is 0. The summed E-state index contributed by atoms with van der Waals surface area (Å²) < 4.78 is 0.424. The summed E-state index contributed by atoms with van der Waals surface area (Å²) in [4.78, 5) is 2.47. The fraction of sp³-hybridized carbons (Fsp3) is 1.00. The minimum Gasteiger partial charge on any atom is -0.303 e. The molecule has 12 heavy (non-hydrogen) atoms. The molecule has 0 aromatic heterocycles. The molecule has 0 N–H and O–H groups in total. The van der Waals surface area contributed by atoms with Gasteiger partial charge in [-0.25, -0.2) is 0 Å². The molecular formula is C10H23NS. The Kier molecular flexibility index (Phi) is 6.02. The summed E-state index contributed by atoms with van der Waals surface area (Å²) in [6.45, 7) is 14.9. The van der Waals surface area contributed by atoms with Gasteiger partial charge < -0.3 is 4.90 Å². The van der Waals surface area contributed by atoms with Crippen LogP contribution in [0.5, 0.6) is 0 Å². The van der Waals surface area contributed by atoms with E-state index in [9.17, 15) is 0 Å². The number of hydrogen-bond acceptors (Lipinski definition) is 2. The summed E-state index contributed by atoms with van der Waals surface area (Å²) in [7, 11) is 0. The first-order valence-corrected chi connectivity index (χ1v) is 5.84. The van der Waals surface area contributed by atoms with E-state index >= 15 is 0 Å². The standard InChI is InChI=1S/C10H23NS/c1-6-11(7-2)8-9-12-10(3,4)5/h6-9H2,1-5H3. The molecule has 0 aliphatic heterocycles. The van der Waals surface area contributed by atoms with Crippen molar-refractivity contribution in [3.05, 3.63) is 0 Å². The number of hydrogen-bond donors (Lipinski definition) is 0. The van der Waals surface area contributed by atoms with E-state index < -0.39 is 0 Å². The Labute approximate surface area is 81.9 Å². The van der Waals surface area contributed by atoms with E-state index in [2.05, 4.69) is 51.3 Å². The highest BCUT2D eigenvalue weighted by Crippen LogP contribution is 2.22. The molecule has 0 aliphatic rings. The normalized spacial score (nSPS) is 12.5. The maximum absolute atomic E-state index is 2.47. The van der Waals surface area contributed by atoms with E-state index in [4.69, 9.17) is 0 Å². The van der Waals surface area contributed by atoms with Gasteiger partial charge in [0, 0.05) is 17.0 Å². The van der Waals surface area contributed by atoms with E-state index in [0.717, 1.165) is 0 Å². The lowest BCUT2D eigenvalue weighted by Crippen LogP contribution is -2.26. The molecule has 0 fully saturated rings. The predicted molar refractivity (Wildman–Crippen MR) is 60.0 cm³/mol. The molecule has 0 aromatic rings. The van der Waals surface area contributed by atoms with Crippen LogP contribution < -0.4 is 0 Å². The molecular weight excluding hydrogens is 166 g/mol. The van der Waals surface area contributed by atoms with Crippen molar-refractivity contribution in [3.63, 3.8) is 0 Å². The highest BCUT2D eigenvalue weighted by molar-refractivity contribution is 8.00.